The molecule has 1 N–H and O–H groups in total. The average Bonchev–Trinajstić information content (AvgIpc) is 3.22. The van der Waals surface area contributed by atoms with E-state index >= 15 is 0 Å². The molecule has 1 amide bonds. The van der Waals surface area contributed by atoms with E-state index in [9.17, 15) is 4.79 Å². The number of nitrogens with one attached hydrogen (secondary N) is 1. The number of methoxy groups -OCH3 is 2. The van der Waals surface area contributed by atoms with Gasteiger partial charge in [0.1, 0.15) is 12.4 Å². The van der Waals surface area contributed by atoms with Gasteiger partial charge in [0.15, 0.2) is 0 Å². The number of hydrogen-bond donors (Lipinski definition) is 1. The molecule has 1 aromatic heterocycles. The number of hydrogen-bond acceptors (Lipinski definition) is 5. The Morgan fingerprint density at radius 2 is 2.11 bits per heavy atom. The van der Waals surface area contributed by atoms with Gasteiger partial charge >= 0.3 is 0 Å². The largest absolute Gasteiger partial charge is 0.496 e. The number of aryl methyl sites for hydroxylation is 2. The van der Waals surface area contributed by atoms with Gasteiger partial charge in [-0.1, -0.05) is 12.1 Å². The maximum Gasteiger partial charge on any atom is 0.246 e. The molecule has 0 spiro atoms. The Balaban J connectivity index is 1.76. The van der Waals surface area contributed by atoms with Crippen molar-refractivity contribution in [2.75, 3.05) is 33.9 Å². The zero-order chi connectivity index (χ0) is 19.4. The van der Waals surface area contributed by atoms with Crippen molar-refractivity contribution in [2.24, 2.45) is 7.05 Å². The Hall–Kier alpha value is -2.38. The van der Waals surface area contributed by atoms with Crippen LogP contribution in [0.5, 0.6) is 5.75 Å². The normalized spacial score (nSPS) is 20.0. The second-order valence-electron chi connectivity index (χ2n) is 7.09. The molecule has 1 aliphatic rings. The molecule has 0 unspecified atom stereocenters. The average molecular weight is 372 g/mol. The third-order valence-electron chi connectivity index (χ3n) is 5.13. The maximum atomic E-state index is 12.1. The summed E-state index contributed by atoms with van der Waals surface area (Å²) in [7, 11) is 5.17. The van der Waals surface area contributed by atoms with Crippen LogP contribution in [0.25, 0.3) is 0 Å². The molecule has 1 aliphatic heterocycles. The highest BCUT2D eigenvalue weighted by Gasteiger charge is 2.36. The van der Waals surface area contributed by atoms with Crippen molar-refractivity contribution in [1.82, 2.24) is 20.0 Å². The van der Waals surface area contributed by atoms with Gasteiger partial charge in [0.05, 0.1) is 13.2 Å². The zero-order valence-corrected chi connectivity index (χ0v) is 16.4. The van der Waals surface area contributed by atoms with E-state index in [2.05, 4.69) is 33.5 Å². The van der Waals surface area contributed by atoms with Gasteiger partial charge in [-0.3, -0.25) is 14.4 Å². The molecule has 1 saturated heterocycles. The number of carbonyl (C=O) groups is 1. The summed E-state index contributed by atoms with van der Waals surface area (Å²) >= 11 is 0. The quantitative estimate of drug-likeness (QED) is 0.797. The second-order valence-corrected chi connectivity index (χ2v) is 7.09. The number of amides is 1. The lowest BCUT2D eigenvalue weighted by molar-refractivity contribution is -0.125. The minimum atomic E-state index is -0.0893. The van der Waals surface area contributed by atoms with Crippen LogP contribution in [0, 0.1) is 6.92 Å². The van der Waals surface area contributed by atoms with Gasteiger partial charge in [0, 0.05) is 51.6 Å². The fraction of sp³-hybridized carbons (Fsp3) is 0.500. The van der Waals surface area contributed by atoms with Crippen LogP contribution >= 0.6 is 0 Å². The molecule has 2 atom stereocenters. The number of rotatable bonds is 7. The van der Waals surface area contributed by atoms with E-state index in [0.29, 0.717) is 0 Å². The van der Waals surface area contributed by atoms with Crippen LogP contribution in [0.15, 0.2) is 30.5 Å². The lowest BCUT2D eigenvalue weighted by Crippen LogP contribution is -2.41. The number of carbonyl (C=O) groups excluding carboxylic acids is 1. The van der Waals surface area contributed by atoms with Crippen molar-refractivity contribution >= 4 is 5.91 Å². The number of nitrogens with zero attached hydrogens (tertiary/aromatic N) is 3. The van der Waals surface area contributed by atoms with E-state index in [-0.39, 0.29) is 24.5 Å². The van der Waals surface area contributed by atoms with Gasteiger partial charge in [-0.15, -0.1) is 0 Å². The molecular weight excluding hydrogens is 344 g/mol. The molecule has 0 bridgehead atoms. The van der Waals surface area contributed by atoms with Gasteiger partial charge in [-0.05, 0) is 30.2 Å². The first-order valence-electron chi connectivity index (χ1n) is 9.14. The highest BCUT2D eigenvalue weighted by atomic mass is 16.5. The predicted molar refractivity (Wildman–Crippen MR) is 103 cm³/mol. The Kier molecular flexibility index (Phi) is 6.13. The molecule has 1 aromatic carbocycles. The fourth-order valence-electron chi connectivity index (χ4n) is 3.81. The first kappa shape index (κ1) is 19.4. The van der Waals surface area contributed by atoms with Crippen LogP contribution < -0.4 is 10.1 Å². The van der Waals surface area contributed by atoms with Gasteiger partial charge < -0.3 is 14.8 Å². The summed E-state index contributed by atoms with van der Waals surface area (Å²) in [6.45, 7) is 4.55. The molecule has 146 valence electrons. The van der Waals surface area contributed by atoms with E-state index in [1.807, 2.05) is 24.7 Å². The Labute approximate surface area is 160 Å². The summed E-state index contributed by atoms with van der Waals surface area (Å²) in [6.07, 6.45) is 1.80. The highest BCUT2D eigenvalue weighted by molar-refractivity contribution is 5.77. The van der Waals surface area contributed by atoms with Crippen molar-refractivity contribution in [1.29, 1.82) is 0 Å². The Morgan fingerprint density at radius 1 is 1.30 bits per heavy atom. The Bertz CT molecular complexity index is 789. The molecule has 7 nitrogen and oxygen atoms in total. The van der Waals surface area contributed by atoms with Gasteiger partial charge in [0.25, 0.3) is 0 Å². The van der Waals surface area contributed by atoms with E-state index in [1.165, 1.54) is 12.7 Å². The summed E-state index contributed by atoms with van der Waals surface area (Å²) in [5.41, 5.74) is 3.45. The third-order valence-corrected chi connectivity index (χ3v) is 5.13. The van der Waals surface area contributed by atoms with Gasteiger partial charge in [-0.25, -0.2) is 0 Å². The molecule has 0 aliphatic carbocycles. The summed E-state index contributed by atoms with van der Waals surface area (Å²) in [6, 6.07) is 8.36. The topological polar surface area (TPSA) is 68.6 Å². The smallest absolute Gasteiger partial charge is 0.246 e. The summed E-state index contributed by atoms with van der Waals surface area (Å²) in [4.78, 5) is 14.5. The first-order chi connectivity index (χ1) is 13.0. The fourth-order valence-corrected chi connectivity index (χ4v) is 3.81. The summed E-state index contributed by atoms with van der Waals surface area (Å²) in [5.74, 6) is 0.999. The Morgan fingerprint density at radius 3 is 2.78 bits per heavy atom. The van der Waals surface area contributed by atoms with Crippen LogP contribution in [-0.4, -0.2) is 60.5 Å². The lowest BCUT2D eigenvalue weighted by Gasteiger charge is -2.20. The van der Waals surface area contributed by atoms with E-state index in [4.69, 9.17) is 9.47 Å². The number of ether oxygens (including phenoxy) is 2. The van der Waals surface area contributed by atoms with Crippen LogP contribution in [0.2, 0.25) is 0 Å². The van der Waals surface area contributed by atoms with Crippen molar-refractivity contribution < 1.29 is 14.3 Å². The SMILES string of the molecule is COCC(=O)N[C@@H]1CN(Cc2ccc(C)c(OC)c2)C[C@H]1c1ccnn1C. The molecule has 2 aromatic rings. The summed E-state index contributed by atoms with van der Waals surface area (Å²) in [5, 5.41) is 7.42. The molecule has 0 saturated carbocycles. The third kappa shape index (κ3) is 4.48. The first-order valence-corrected chi connectivity index (χ1v) is 9.14. The molecule has 3 rings (SSSR count). The number of likely N-dealkylation sites (tertiary alicyclic amines) is 1. The van der Waals surface area contributed by atoms with E-state index in [0.717, 1.165) is 36.6 Å². The maximum absolute atomic E-state index is 12.1. The van der Waals surface area contributed by atoms with Crippen molar-refractivity contribution in [3.63, 3.8) is 0 Å². The van der Waals surface area contributed by atoms with Gasteiger partial charge in [-0.2, -0.15) is 5.10 Å². The molecule has 2 heterocycles. The lowest BCUT2D eigenvalue weighted by atomic mass is 9.99. The zero-order valence-electron chi connectivity index (χ0n) is 16.4. The van der Waals surface area contributed by atoms with E-state index < -0.39 is 0 Å². The minimum Gasteiger partial charge on any atom is -0.496 e. The van der Waals surface area contributed by atoms with Crippen molar-refractivity contribution in [2.45, 2.75) is 25.4 Å². The van der Waals surface area contributed by atoms with E-state index in [1.54, 1.807) is 13.3 Å². The molecule has 1 fully saturated rings. The number of benzene rings is 1. The van der Waals surface area contributed by atoms with Crippen LogP contribution in [-0.2, 0) is 23.1 Å². The molecular formula is C20H28N4O3. The minimum absolute atomic E-state index is 0.0235. The highest BCUT2D eigenvalue weighted by Crippen LogP contribution is 2.29. The predicted octanol–water partition coefficient (Wildman–Crippen LogP) is 1.47. The van der Waals surface area contributed by atoms with Crippen LogP contribution in [0.1, 0.15) is 22.7 Å². The standard InChI is InChI=1S/C20H28N4O3/c1-14-5-6-15(9-19(14)27-4)10-24-11-16(18-7-8-21-23(18)2)17(12-24)22-20(25)13-26-3/h5-9,16-17H,10-13H2,1-4H3,(H,22,25)/t16-,17-/m1/s1. The second kappa shape index (κ2) is 8.54. The van der Waals surface area contributed by atoms with Crippen LogP contribution in [0.4, 0.5) is 0 Å². The molecule has 7 heteroatoms. The van der Waals surface area contributed by atoms with Crippen molar-refractivity contribution in [3.05, 3.63) is 47.3 Å². The molecule has 0 radical (unpaired) electrons. The summed E-state index contributed by atoms with van der Waals surface area (Å²) < 4.78 is 12.3. The van der Waals surface area contributed by atoms with Gasteiger partial charge in [0.2, 0.25) is 5.91 Å². The van der Waals surface area contributed by atoms with Crippen molar-refractivity contribution in [3.8, 4) is 5.75 Å². The number of aromatic nitrogens is 2. The van der Waals surface area contributed by atoms with Crippen LogP contribution in [0.3, 0.4) is 0 Å². The molecule has 27 heavy (non-hydrogen) atoms. The monoisotopic (exact) mass is 372 g/mol.